The monoisotopic (exact) mass is 461 g/mol. The Morgan fingerprint density at radius 2 is 1.88 bits per heavy atom. The standard InChI is InChI=1S/C24H29FNO5P/c1-7-31-20(28)13-18(27)23(32(29)30)21-17(15-8-10-16(25)11-9-15)12-19(24(4,5)6)26-22(21)14(2)3/h1,8-12,14,18,23,27,32H,13H2,2-6H3,(H,29,30). The molecule has 2 aromatic rings. The van der Waals surface area contributed by atoms with Gasteiger partial charge in [0.05, 0.1) is 18.2 Å². The molecule has 0 aliphatic rings. The lowest BCUT2D eigenvalue weighted by molar-refractivity contribution is -0.139. The van der Waals surface area contributed by atoms with E-state index in [9.17, 15) is 23.7 Å². The van der Waals surface area contributed by atoms with Gasteiger partial charge >= 0.3 is 5.97 Å². The Morgan fingerprint density at radius 3 is 2.34 bits per heavy atom. The number of carbonyl (C=O) groups is 1. The molecule has 6 nitrogen and oxygen atoms in total. The quantitative estimate of drug-likeness (QED) is 0.352. The number of hydrogen-bond acceptors (Lipinski definition) is 5. The van der Waals surface area contributed by atoms with Gasteiger partial charge in [-0.15, -0.1) is 0 Å². The van der Waals surface area contributed by atoms with Crippen molar-refractivity contribution in [1.29, 1.82) is 0 Å². The zero-order valence-electron chi connectivity index (χ0n) is 18.8. The van der Waals surface area contributed by atoms with Crippen molar-refractivity contribution in [3.05, 3.63) is 53.1 Å². The van der Waals surface area contributed by atoms with E-state index in [1.807, 2.05) is 34.6 Å². The molecule has 0 spiro atoms. The van der Waals surface area contributed by atoms with E-state index in [1.165, 1.54) is 12.1 Å². The zero-order chi connectivity index (χ0) is 24.2. The average Bonchev–Trinajstić information content (AvgIpc) is 2.67. The Hall–Kier alpha value is -2.52. The van der Waals surface area contributed by atoms with Crippen LogP contribution >= 0.6 is 8.03 Å². The summed E-state index contributed by atoms with van der Waals surface area (Å²) in [6.45, 7) is 9.74. The van der Waals surface area contributed by atoms with E-state index >= 15 is 0 Å². The highest BCUT2D eigenvalue weighted by Crippen LogP contribution is 2.48. The molecule has 1 aromatic carbocycles. The van der Waals surface area contributed by atoms with Crippen molar-refractivity contribution in [1.82, 2.24) is 4.98 Å². The summed E-state index contributed by atoms with van der Waals surface area (Å²) in [5.74, 6) is -1.48. The van der Waals surface area contributed by atoms with Gasteiger partial charge < -0.3 is 14.7 Å². The van der Waals surface area contributed by atoms with Crippen molar-refractivity contribution in [3.63, 3.8) is 0 Å². The third-order valence-electron chi connectivity index (χ3n) is 5.07. The lowest BCUT2D eigenvalue weighted by Gasteiger charge is -2.29. The second kappa shape index (κ2) is 10.4. The Bertz CT molecular complexity index is 1040. The highest BCUT2D eigenvalue weighted by Gasteiger charge is 2.35. The first kappa shape index (κ1) is 25.7. The Morgan fingerprint density at radius 1 is 1.28 bits per heavy atom. The van der Waals surface area contributed by atoms with Crippen LogP contribution in [0, 0.1) is 18.3 Å². The number of hydrogen-bond donors (Lipinski definition) is 2. The minimum Gasteiger partial charge on any atom is -0.391 e. The van der Waals surface area contributed by atoms with Crippen molar-refractivity contribution < 1.29 is 28.5 Å². The number of esters is 1. The van der Waals surface area contributed by atoms with Gasteiger partial charge in [-0.2, -0.15) is 0 Å². The maximum atomic E-state index is 13.6. The van der Waals surface area contributed by atoms with Gasteiger partial charge in [0.1, 0.15) is 11.9 Å². The second-order valence-electron chi connectivity index (χ2n) is 8.94. The largest absolute Gasteiger partial charge is 0.391 e. The van der Waals surface area contributed by atoms with Crippen LogP contribution in [0.3, 0.4) is 0 Å². The van der Waals surface area contributed by atoms with Gasteiger partial charge in [0.2, 0.25) is 0 Å². The van der Waals surface area contributed by atoms with E-state index in [2.05, 4.69) is 4.74 Å². The summed E-state index contributed by atoms with van der Waals surface area (Å²) >= 11 is 0. The third-order valence-corrected chi connectivity index (χ3v) is 6.27. The lowest BCUT2D eigenvalue weighted by Crippen LogP contribution is -2.24. The van der Waals surface area contributed by atoms with Crippen LogP contribution in [-0.4, -0.2) is 27.1 Å². The van der Waals surface area contributed by atoms with E-state index < -0.39 is 38.0 Å². The van der Waals surface area contributed by atoms with Gasteiger partial charge in [-0.25, -0.2) is 4.39 Å². The second-order valence-corrected chi connectivity index (χ2v) is 10.2. The first-order valence-electron chi connectivity index (χ1n) is 10.2. The van der Waals surface area contributed by atoms with Crippen LogP contribution in [0.2, 0.25) is 0 Å². The molecule has 2 rings (SSSR count). The SMILES string of the molecule is C#COC(=O)CC(O)C(c1c(-c2ccc(F)cc2)cc(C(C)(C)C)nc1C(C)C)[PH](=O)O. The molecule has 1 aromatic heterocycles. The number of nitrogens with zero attached hydrogens (tertiary/aromatic N) is 1. The molecule has 0 saturated heterocycles. The van der Waals surface area contributed by atoms with E-state index in [0.29, 0.717) is 22.4 Å². The van der Waals surface area contributed by atoms with E-state index in [1.54, 1.807) is 24.3 Å². The van der Waals surface area contributed by atoms with Crippen LogP contribution in [0.5, 0.6) is 0 Å². The summed E-state index contributed by atoms with van der Waals surface area (Å²) in [4.78, 5) is 26.9. The minimum atomic E-state index is -3.40. The minimum absolute atomic E-state index is 0.166. The number of carbonyl (C=O) groups excluding carboxylic acids is 1. The number of aromatic nitrogens is 1. The number of benzene rings is 1. The molecule has 8 heteroatoms. The molecule has 0 aliphatic carbocycles. The van der Waals surface area contributed by atoms with Crippen LogP contribution in [-0.2, 0) is 19.5 Å². The van der Waals surface area contributed by atoms with Crippen molar-refractivity contribution in [2.24, 2.45) is 0 Å². The predicted molar refractivity (Wildman–Crippen MR) is 122 cm³/mol. The van der Waals surface area contributed by atoms with Gasteiger partial charge in [-0.1, -0.05) is 53.2 Å². The number of aliphatic hydroxyl groups is 1. The first-order chi connectivity index (χ1) is 14.9. The third kappa shape index (κ3) is 6.04. The summed E-state index contributed by atoms with van der Waals surface area (Å²) in [5.41, 5.74) is 1.13. The molecular formula is C24H29FNO5P. The molecule has 0 bridgehead atoms. The fourth-order valence-electron chi connectivity index (χ4n) is 3.47. The highest BCUT2D eigenvalue weighted by atomic mass is 31.1. The topological polar surface area (TPSA) is 96.7 Å². The first-order valence-corrected chi connectivity index (χ1v) is 11.7. The number of aliphatic hydroxyl groups excluding tert-OH is 1. The van der Waals surface area contributed by atoms with Gasteiger partial charge in [0.25, 0.3) is 0 Å². The van der Waals surface area contributed by atoms with Crippen molar-refractivity contribution >= 4 is 14.0 Å². The van der Waals surface area contributed by atoms with Gasteiger partial charge in [0.15, 0.2) is 8.03 Å². The van der Waals surface area contributed by atoms with Crippen molar-refractivity contribution in [2.75, 3.05) is 0 Å². The Labute approximate surface area is 188 Å². The summed E-state index contributed by atoms with van der Waals surface area (Å²) in [6, 6.07) is 7.51. The number of ether oxygens (including phenoxy) is 1. The Kier molecular flexibility index (Phi) is 8.36. The van der Waals surface area contributed by atoms with Gasteiger partial charge in [-0.3, -0.25) is 14.3 Å². The summed E-state index contributed by atoms with van der Waals surface area (Å²) in [7, 11) is -3.40. The molecule has 172 valence electrons. The van der Waals surface area contributed by atoms with Crippen LogP contribution < -0.4 is 0 Å². The predicted octanol–water partition coefficient (Wildman–Crippen LogP) is 4.70. The number of halogens is 1. The fourth-order valence-corrected chi connectivity index (χ4v) is 4.47. The average molecular weight is 461 g/mol. The lowest BCUT2D eigenvalue weighted by atomic mass is 9.84. The van der Waals surface area contributed by atoms with Crippen LogP contribution in [0.1, 0.15) is 69.6 Å². The maximum Gasteiger partial charge on any atom is 0.322 e. The smallest absolute Gasteiger partial charge is 0.322 e. The summed E-state index contributed by atoms with van der Waals surface area (Å²) in [5, 5.41) is 10.8. The summed E-state index contributed by atoms with van der Waals surface area (Å²) < 4.78 is 30.6. The molecule has 0 aliphatic heterocycles. The van der Waals surface area contributed by atoms with Gasteiger partial charge in [0, 0.05) is 16.8 Å². The molecule has 3 unspecified atom stereocenters. The molecule has 2 N–H and O–H groups in total. The molecule has 0 saturated carbocycles. The summed E-state index contributed by atoms with van der Waals surface area (Å²) in [6.07, 6.45) is 4.60. The van der Waals surface area contributed by atoms with E-state index in [4.69, 9.17) is 11.4 Å². The number of rotatable bonds is 7. The molecule has 0 radical (unpaired) electrons. The maximum absolute atomic E-state index is 13.6. The van der Waals surface area contributed by atoms with Crippen LogP contribution in [0.25, 0.3) is 11.1 Å². The number of terminal acetylenes is 1. The van der Waals surface area contributed by atoms with E-state index in [-0.39, 0.29) is 11.3 Å². The Balaban J connectivity index is 2.84. The normalized spacial score (nSPS) is 14.5. The molecule has 32 heavy (non-hydrogen) atoms. The molecule has 0 fully saturated rings. The highest BCUT2D eigenvalue weighted by molar-refractivity contribution is 7.38. The van der Waals surface area contributed by atoms with Gasteiger partial charge in [-0.05, 0) is 40.8 Å². The number of pyridine rings is 1. The molecule has 0 amide bonds. The molecule has 3 atom stereocenters. The van der Waals surface area contributed by atoms with Crippen molar-refractivity contribution in [2.45, 2.75) is 64.1 Å². The van der Waals surface area contributed by atoms with Crippen molar-refractivity contribution in [3.8, 4) is 23.7 Å². The van der Waals surface area contributed by atoms with Crippen LogP contribution in [0.4, 0.5) is 4.39 Å². The zero-order valence-corrected chi connectivity index (χ0v) is 19.8. The fraction of sp³-hybridized carbons (Fsp3) is 0.417. The molecule has 1 heterocycles. The van der Waals surface area contributed by atoms with Crippen LogP contribution in [0.15, 0.2) is 30.3 Å². The molecular weight excluding hydrogens is 432 g/mol. The van der Waals surface area contributed by atoms with E-state index in [0.717, 1.165) is 5.69 Å².